The standard InChI is InChI=1S/C13H10N4OS/c1-17-13(14-7-15-17)9-4-8-2-3-11(18)16-12(8)10(5-9)6-19/h2-7H,1H3,(H,16,18). The number of H-pyrrole nitrogens is 1. The lowest BCUT2D eigenvalue weighted by Crippen LogP contribution is -2.04. The van der Waals surface area contributed by atoms with Crippen LogP contribution in [0.25, 0.3) is 22.3 Å². The van der Waals surface area contributed by atoms with Crippen molar-refractivity contribution in [1.29, 1.82) is 0 Å². The summed E-state index contributed by atoms with van der Waals surface area (Å²) < 4.78 is 1.69. The van der Waals surface area contributed by atoms with Crippen LogP contribution in [-0.4, -0.2) is 25.1 Å². The van der Waals surface area contributed by atoms with E-state index in [-0.39, 0.29) is 5.56 Å². The van der Waals surface area contributed by atoms with Crippen LogP contribution in [0.5, 0.6) is 0 Å². The largest absolute Gasteiger partial charge is 0.321 e. The number of aromatic amines is 1. The van der Waals surface area contributed by atoms with E-state index in [0.717, 1.165) is 27.9 Å². The molecule has 3 aromatic rings. The van der Waals surface area contributed by atoms with Crippen LogP contribution in [0, 0.1) is 0 Å². The molecule has 0 fully saturated rings. The highest BCUT2D eigenvalue weighted by Gasteiger charge is 2.09. The molecule has 0 aliphatic rings. The zero-order chi connectivity index (χ0) is 13.4. The molecular weight excluding hydrogens is 260 g/mol. The summed E-state index contributed by atoms with van der Waals surface area (Å²) >= 11 is 5.02. The van der Waals surface area contributed by atoms with Gasteiger partial charge in [-0.15, -0.1) is 0 Å². The van der Waals surface area contributed by atoms with Crippen molar-refractivity contribution in [3.8, 4) is 11.4 Å². The Kier molecular flexibility index (Phi) is 2.72. The van der Waals surface area contributed by atoms with Crippen LogP contribution in [-0.2, 0) is 7.05 Å². The lowest BCUT2D eigenvalue weighted by Gasteiger charge is -2.06. The van der Waals surface area contributed by atoms with Crippen LogP contribution in [0.4, 0.5) is 0 Å². The monoisotopic (exact) mass is 270 g/mol. The SMILES string of the molecule is Cn1ncnc1-c1cc(C=S)c2[nH]c(=O)ccc2c1. The minimum Gasteiger partial charge on any atom is -0.321 e. The first kappa shape index (κ1) is 11.7. The minimum atomic E-state index is -0.142. The fourth-order valence-corrected chi connectivity index (χ4v) is 2.26. The first-order valence-corrected chi connectivity index (χ1v) is 6.13. The predicted octanol–water partition coefficient (Wildman–Crippen LogP) is 1.67. The molecule has 2 heterocycles. The molecule has 0 atom stereocenters. The topological polar surface area (TPSA) is 63.6 Å². The van der Waals surface area contributed by atoms with Gasteiger partial charge in [-0.1, -0.05) is 12.2 Å². The van der Waals surface area contributed by atoms with Crippen molar-refractivity contribution >= 4 is 28.5 Å². The van der Waals surface area contributed by atoms with Crippen molar-refractivity contribution in [2.75, 3.05) is 0 Å². The third-order valence-electron chi connectivity index (χ3n) is 2.96. The third kappa shape index (κ3) is 1.96. The fraction of sp³-hybridized carbons (Fsp3) is 0.0769. The van der Waals surface area contributed by atoms with Crippen LogP contribution >= 0.6 is 12.2 Å². The van der Waals surface area contributed by atoms with Crippen LogP contribution in [0.3, 0.4) is 0 Å². The molecule has 1 N–H and O–H groups in total. The Morgan fingerprint density at radius 2 is 2.21 bits per heavy atom. The summed E-state index contributed by atoms with van der Waals surface area (Å²) in [4.78, 5) is 18.4. The number of hydrogen-bond acceptors (Lipinski definition) is 4. The van der Waals surface area contributed by atoms with E-state index in [1.807, 2.05) is 19.2 Å². The summed E-state index contributed by atoms with van der Waals surface area (Å²) in [5, 5.41) is 6.52. The minimum absolute atomic E-state index is 0.142. The number of thiocarbonyl (C=S) groups is 1. The zero-order valence-corrected chi connectivity index (χ0v) is 10.9. The second-order valence-corrected chi connectivity index (χ2v) is 4.41. The molecule has 19 heavy (non-hydrogen) atoms. The van der Waals surface area contributed by atoms with Crippen LogP contribution < -0.4 is 5.56 Å². The van der Waals surface area contributed by atoms with Crippen molar-refractivity contribution in [3.63, 3.8) is 0 Å². The van der Waals surface area contributed by atoms with E-state index in [0.29, 0.717) is 0 Å². The van der Waals surface area contributed by atoms with Crippen molar-refractivity contribution in [1.82, 2.24) is 19.7 Å². The summed E-state index contributed by atoms with van der Waals surface area (Å²) in [7, 11) is 1.83. The molecule has 3 rings (SSSR count). The molecule has 2 aromatic heterocycles. The summed E-state index contributed by atoms with van der Waals surface area (Å²) in [5.41, 5.74) is 2.31. The number of aryl methyl sites for hydroxylation is 1. The number of fused-ring (bicyclic) bond motifs is 1. The van der Waals surface area contributed by atoms with Gasteiger partial charge in [-0.25, -0.2) is 9.67 Å². The molecule has 0 aliphatic heterocycles. The van der Waals surface area contributed by atoms with E-state index >= 15 is 0 Å². The Hall–Kier alpha value is -2.34. The molecule has 6 heteroatoms. The molecule has 0 bridgehead atoms. The molecule has 5 nitrogen and oxygen atoms in total. The number of nitrogens with one attached hydrogen (secondary N) is 1. The van der Waals surface area contributed by atoms with Crippen molar-refractivity contribution < 1.29 is 0 Å². The Labute approximate surface area is 113 Å². The quantitative estimate of drug-likeness (QED) is 0.719. The van der Waals surface area contributed by atoms with Crippen LogP contribution in [0.2, 0.25) is 0 Å². The lowest BCUT2D eigenvalue weighted by atomic mass is 10.1. The first-order chi connectivity index (χ1) is 9.19. The van der Waals surface area contributed by atoms with E-state index in [1.54, 1.807) is 16.1 Å². The number of benzene rings is 1. The number of nitrogens with zero attached hydrogens (tertiary/aromatic N) is 3. The molecule has 0 aliphatic carbocycles. The van der Waals surface area contributed by atoms with Crippen molar-refractivity contribution in [2.45, 2.75) is 0 Å². The van der Waals surface area contributed by atoms with E-state index in [1.165, 1.54) is 12.4 Å². The van der Waals surface area contributed by atoms with Crippen molar-refractivity contribution in [3.05, 3.63) is 46.5 Å². The summed E-state index contributed by atoms with van der Waals surface area (Å²) in [6, 6.07) is 7.12. The molecular formula is C13H10N4OS. The summed E-state index contributed by atoms with van der Waals surface area (Å²) in [6.07, 6.45) is 1.50. The van der Waals surface area contributed by atoms with Gasteiger partial charge in [0.25, 0.3) is 0 Å². The van der Waals surface area contributed by atoms with Gasteiger partial charge >= 0.3 is 0 Å². The Morgan fingerprint density at radius 1 is 1.37 bits per heavy atom. The molecule has 0 saturated carbocycles. The molecule has 0 spiro atoms. The lowest BCUT2D eigenvalue weighted by molar-refractivity contribution is 0.774. The average Bonchev–Trinajstić information content (AvgIpc) is 2.84. The molecule has 0 saturated heterocycles. The smallest absolute Gasteiger partial charge is 0.248 e. The number of aromatic nitrogens is 4. The maximum atomic E-state index is 11.4. The number of pyridine rings is 1. The fourth-order valence-electron chi connectivity index (χ4n) is 2.07. The Balaban J connectivity index is 2.35. The second kappa shape index (κ2) is 4.40. The first-order valence-electron chi connectivity index (χ1n) is 5.65. The van der Waals surface area contributed by atoms with E-state index < -0.39 is 0 Å². The van der Waals surface area contributed by atoms with Gasteiger partial charge in [0.1, 0.15) is 6.33 Å². The van der Waals surface area contributed by atoms with E-state index in [9.17, 15) is 4.79 Å². The number of hydrogen-bond donors (Lipinski definition) is 1. The van der Waals surface area contributed by atoms with Crippen LogP contribution in [0.1, 0.15) is 5.56 Å². The van der Waals surface area contributed by atoms with Gasteiger partial charge in [0.2, 0.25) is 5.56 Å². The highest BCUT2D eigenvalue weighted by molar-refractivity contribution is 7.79. The van der Waals surface area contributed by atoms with Gasteiger partial charge < -0.3 is 4.98 Å². The van der Waals surface area contributed by atoms with Crippen LogP contribution in [0.15, 0.2) is 35.4 Å². The average molecular weight is 270 g/mol. The second-order valence-electron chi connectivity index (χ2n) is 4.18. The summed E-state index contributed by atoms with van der Waals surface area (Å²) in [5.74, 6) is 0.756. The van der Waals surface area contributed by atoms with Gasteiger partial charge in [-0.05, 0) is 23.6 Å². The summed E-state index contributed by atoms with van der Waals surface area (Å²) in [6.45, 7) is 0. The maximum Gasteiger partial charge on any atom is 0.248 e. The molecule has 94 valence electrons. The van der Waals surface area contributed by atoms with Gasteiger partial charge in [0, 0.05) is 29.6 Å². The Bertz CT molecular complexity index is 834. The maximum absolute atomic E-state index is 11.4. The van der Waals surface area contributed by atoms with Gasteiger partial charge in [-0.2, -0.15) is 5.10 Å². The van der Waals surface area contributed by atoms with E-state index in [2.05, 4.69) is 15.1 Å². The molecule has 1 aromatic carbocycles. The van der Waals surface area contributed by atoms with Gasteiger partial charge in [0.15, 0.2) is 5.82 Å². The van der Waals surface area contributed by atoms with Crippen molar-refractivity contribution in [2.24, 2.45) is 7.05 Å². The number of rotatable bonds is 2. The highest BCUT2D eigenvalue weighted by atomic mass is 32.1. The molecule has 0 radical (unpaired) electrons. The third-order valence-corrected chi connectivity index (χ3v) is 3.21. The predicted molar refractivity (Wildman–Crippen MR) is 77.3 cm³/mol. The van der Waals surface area contributed by atoms with Gasteiger partial charge in [0.05, 0.1) is 5.52 Å². The zero-order valence-electron chi connectivity index (χ0n) is 10.1. The van der Waals surface area contributed by atoms with Gasteiger partial charge in [-0.3, -0.25) is 4.79 Å². The normalized spacial score (nSPS) is 10.8. The van der Waals surface area contributed by atoms with E-state index in [4.69, 9.17) is 12.2 Å². The molecule has 0 unspecified atom stereocenters. The Morgan fingerprint density at radius 3 is 2.89 bits per heavy atom. The molecule has 0 amide bonds. The highest BCUT2D eigenvalue weighted by Crippen LogP contribution is 2.23.